The van der Waals surface area contributed by atoms with Gasteiger partial charge in [0.05, 0.1) is 11.3 Å². The first kappa shape index (κ1) is 16.2. The topological polar surface area (TPSA) is 82.1 Å². The van der Waals surface area contributed by atoms with E-state index >= 15 is 0 Å². The van der Waals surface area contributed by atoms with Gasteiger partial charge in [-0.25, -0.2) is 8.42 Å². The molecule has 126 valence electrons. The highest BCUT2D eigenvalue weighted by molar-refractivity contribution is 7.90. The van der Waals surface area contributed by atoms with Crippen molar-refractivity contribution >= 4 is 21.8 Å². The minimum absolute atomic E-state index is 0.0176. The van der Waals surface area contributed by atoms with E-state index in [0.717, 1.165) is 19.4 Å². The molecule has 1 unspecified atom stereocenters. The Morgan fingerprint density at radius 3 is 3.04 bits per heavy atom. The van der Waals surface area contributed by atoms with Gasteiger partial charge in [0.1, 0.15) is 0 Å². The molecule has 1 fully saturated rings. The number of hydrogen-bond donors (Lipinski definition) is 1. The zero-order valence-electron chi connectivity index (χ0n) is 13.2. The van der Waals surface area contributed by atoms with E-state index in [1.165, 1.54) is 0 Å². The summed E-state index contributed by atoms with van der Waals surface area (Å²) < 4.78 is 27.4. The van der Waals surface area contributed by atoms with Gasteiger partial charge in [0.2, 0.25) is 0 Å². The largest absolute Gasteiger partial charge is 0.338 e. The summed E-state index contributed by atoms with van der Waals surface area (Å²) in [6, 6.07) is 0. The van der Waals surface area contributed by atoms with Crippen molar-refractivity contribution in [1.82, 2.24) is 15.1 Å². The van der Waals surface area contributed by atoms with E-state index in [-0.39, 0.29) is 17.5 Å². The zero-order chi connectivity index (χ0) is 16.4. The number of amides is 1. The molecule has 1 N–H and O–H groups in total. The van der Waals surface area contributed by atoms with Gasteiger partial charge >= 0.3 is 0 Å². The van der Waals surface area contributed by atoms with Gasteiger partial charge in [-0.1, -0.05) is 0 Å². The molecule has 0 spiro atoms. The fourth-order valence-corrected chi connectivity index (χ4v) is 4.24. The SMILES string of the molecule is CNCC1CCCN(C(=O)C2=CC=CN3CCS(=O)(=O)N=C23)C1. The van der Waals surface area contributed by atoms with Crippen LogP contribution in [0.1, 0.15) is 12.8 Å². The Labute approximate surface area is 136 Å². The lowest BCUT2D eigenvalue weighted by atomic mass is 9.97. The highest BCUT2D eigenvalue weighted by Gasteiger charge is 2.33. The number of carbonyl (C=O) groups excluding carboxylic acids is 1. The van der Waals surface area contributed by atoms with E-state index in [1.54, 1.807) is 23.3 Å². The summed E-state index contributed by atoms with van der Waals surface area (Å²) in [6.45, 7) is 2.62. The molecule has 0 bridgehead atoms. The second-order valence-corrected chi connectivity index (χ2v) is 7.89. The maximum atomic E-state index is 12.9. The predicted octanol–water partition coefficient (Wildman–Crippen LogP) is -0.0580. The van der Waals surface area contributed by atoms with Crippen molar-refractivity contribution < 1.29 is 13.2 Å². The van der Waals surface area contributed by atoms with Crippen molar-refractivity contribution in [3.8, 4) is 0 Å². The number of sulfonamides is 1. The van der Waals surface area contributed by atoms with Gasteiger partial charge in [0.15, 0.2) is 5.84 Å². The van der Waals surface area contributed by atoms with Gasteiger partial charge in [-0.2, -0.15) is 0 Å². The fourth-order valence-electron chi connectivity index (χ4n) is 3.26. The lowest BCUT2D eigenvalue weighted by molar-refractivity contribution is -0.128. The van der Waals surface area contributed by atoms with E-state index in [9.17, 15) is 13.2 Å². The molecule has 0 aromatic carbocycles. The van der Waals surface area contributed by atoms with Crippen LogP contribution in [-0.4, -0.2) is 68.9 Å². The normalized spacial score (nSPS) is 26.4. The number of piperidine rings is 1. The fraction of sp³-hybridized carbons (Fsp3) is 0.600. The maximum Gasteiger partial charge on any atom is 0.257 e. The summed E-state index contributed by atoms with van der Waals surface area (Å²) in [4.78, 5) is 16.4. The van der Waals surface area contributed by atoms with Crippen LogP contribution in [0, 0.1) is 5.92 Å². The second kappa shape index (κ2) is 6.45. The standard InChI is InChI=1S/C15H22N4O3S/c1-16-10-12-4-2-7-19(11-12)15(20)13-5-3-6-18-8-9-23(21,22)17-14(13)18/h3,5-6,12,16H,2,4,7-11H2,1H3. The quantitative estimate of drug-likeness (QED) is 0.780. The second-order valence-electron chi connectivity index (χ2n) is 6.13. The predicted molar refractivity (Wildman–Crippen MR) is 88.4 cm³/mol. The maximum absolute atomic E-state index is 12.9. The summed E-state index contributed by atoms with van der Waals surface area (Å²) in [6.07, 6.45) is 7.28. The van der Waals surface area contributed by atoms with Crippen molar-refractivity contribution in [2.24, 2.45) is 10.3 Å². The van der Waals surface area contributed by atoms with Crippen LogP contribution in [-0.2, 0) is 14.8 Å². The Hall–Kier alpha value is -1.67. The Bertz CT molecular complexity index is 679. The lowest BCUT2D eigenvalue weighted by Gasteiger charge is -2.35. The van der Waals surface area contributed by atoms with Crippen LogP contribution in [0.4, 0.5) is 0 Å². The van der Waals surface area contributed by atoms with Gasteiger partial charge in [-0.05, 0) is 44.5 Å². The summed E-state index contributed by atoms with van der Waals surface area (Å²) >= 11 is 0. The first-order valence-electron chi connectivity index (χ1n) is 7.92. The number of nitrogens with zero attached hydrogens (tertiary/aromatic N) is 3. The van der Waals surface area contributed by atoms with Crippen LogP contribution in [0.25, 0.3) is 0 Å². The minimum atomic E-state index is -3.48. The highest BCUT2D eigenvalue weighted by atomic mass is 32.2. The Morgan fingerprint density at radius 2 is 2.26 bits per heavy atom. The van der Waals surface area contributed by atoms with Gasteiger partial charge in [-0.15, -0.1) is 4.40 Å². The number of allylic oxidation sites excluding steroid dienone is 2. The summed E-state index contributed by atoms with van der Waals surface area (Å²) in [7, 11) is -1.57. The molecule has 3 aliphatic heterocycles. The van der Waals surface area contributed by atoms with Crippen LogP contribution in [0.3, 0.4) is 0 Å². The van der Waals surface area contributed by atoms with Crippen molar-refractivity contribution in [2.75, 3.05) is 39.0 Å². The first-order chi connectivity index (χ1) is 11.0. The van der Waals surface area contributed by atoms with Crippen LogP contribution in [0.2, 0.25) is 0 Å². The minimum Gasteiger partial charge on any atom is -0.338 e. The van der Waals surface area contributed by atoms with Crippen LogP contribution in [0.5, 0.6) is 0 Å². The van der Waals surface area contributed by atoms with Crippen molar-refractivity contribution in [1.29, 1.82) is 0 Å². The lowest BCUT2D eigenvalue weighted by Crippen LogP contribution is -2.47. The average molecular weight is 338 g/mol. The number of fused-ring (bicyclic) bond motifs is 1. The smallest absolute Gasteiger partial charge is 0.257 e. The molecule has 0 radical (unpaired) electrons. The molecule has 0 aromatic heterocycles. The molecule has 23 heavy (non-hydrogen) atoms. The van der Waals surface area contributed by atoms with E-state index in [1.807, 2.05) is 11.9 Å². The molecule has 0 saturated carbocycles. The third-order valence-corrected chi connectivity index (χ3v) is 5.54. The number of likely N-dealkylation sites (tertiary alicyclic amines) is 1. The van der Waals surface area contributed by atoms with Crippen LogP contribution >= 0.6 is 0 Å². The third kappa shape index (κ3) is 3.48. The highest BCUT2D eigenvalue weighted by Crippen LogP contribution is 2.22. The van der Waals surface area contributed by atoms with Crippen molar-refractivity contribution in [3.63, 3.8) is 0 Å². The average Bonchev–Trinajstić information content (AvgIpc) is 2.53. The molecule has 3 heterocycles. The molecule has 8 heteroatoms. The monoisotopic (exact) mass is 338 g/mol. The van der Waals surface area contributed by atoms with Crippen molar-refractivity contribution in [3.05, 3.63) is 23.9 Å². The van der Waals surface area contributed by atoms with Crippen LogP contribution < -0.4 is 5.32 Å². The number of nitrogens with one attached hydrogen (secondary N) is 1. The van der Waals surface area contributed by atoms with E-state index in [0.29, 0.717) is 31.1 Å². The Balaban J connectivity index is 1.82. The molecular formula is C15H22N4O3S. The molecule has 0 aliphatic carbocycles. The third-order valence-electron chi connectivity index (χ3n) is 4.39. The molecule has 3 rings (SSSR count). The van der Waals surface area contributed by atoms with E-state index in [2.05, 4.69) is 9.71 Å². The van der Waals surface area contributed by atoms with Gasteiger partial charge < -0.3 is 15.1 Å². The first-order valence-corrected chi connectivity index (χ1v) is 9.53. The Morgan fingerprint density at radius 1 is 1.43 bits per heavy atom. The number of rotatable bonds is 3. The van der Waals surface area contributed by atoms with Gasteiger partial charge in [0.25, 0.3) is 15.9 Å². The van der Waals surface area contributed by atoms with Crippen LogP contribution in [0.15, 0.2) is 28.3 Å². The zero-order valence-corrected chi connectivity index (χ0v) is 14.1. The molecule has 1 atom stereocenters. The summed E-state index contributed by atoms with van der Waals surface area (Å²) in [5.41, 5.74) is 0.376. The Kier molecular flexibility index (Phi) is 4.54. The number of amidine groups is 1. The molecule has 1 saturated heterocycles. The summed E-state index contributed by atoms with van der Waals surface area (Å²) in [5, 5.41) is 3.16. The van der Waals surface area contributed by atoms with Gasteiger partial charge in [-0.3, -0.25) is 4.79 Å². The molecule has 1 amide bonds. The molecule has 3 aliphatic rings. The van der Waals surface area contributed by atoms with Gasteiger partial charge in [0, 0.05) is 25.8 Å². The number of hydrogen-bond acceptors (Lipinski definition) is 5. The van der Waals surface area contributed by atoms with E-state index in [4.69, 9.17) is 0 Å². The molecule has 0 aromatic rings. The molecular weight excluding hydrogens is 316 g/mol. The number of carbonyl (C=O) groups is 1. The van der Waals surface area contributed by atoms with Crippen molar-refractivity contribution in [2.45, 2.75) is 12.8 Å². The van der Waals surface area contributed by atoms with E-state index < -0.39 is 10.0 Å². The summed E-state index contributed by atoms with van der Waals surface area (Å²) in [5.74, 6) is 0.553. The molecule has 7 nitrogen and oxygen atoms in total.